The second kappa shape index (κ2) is 11.6. The number of aromatic nitrogens is 2. The van der Waals surface area contributed by atoms with Gasteiger partial charge in [-0.25, -0.2) is 9.97 Å². The highest BCUT2D eigenvalue weighted by Crippen LogP contribution is 2.14. The van der Waals surface area contributed by atoms with E-state index in [1.807, 2.05) is 30.3 Å². The molecule has 9 heteroatoms. The number of ether oxygens (including phenoxy) is 1. The summed E-state index contributed by atoms with van der Waals surface area (Å²) in [6.07, 6.45) is 4.56. The first-order valence-corrected chi connectivity index (χ1v) is 9.20. The van der Waals surface area contributed by atoms with Crippen LogP contribution in [0.4, 0.5) is 11.6 Å². The van der Waals surface area contributed by atoms with Gasteiger partial charge in [0.05, 0.1) is 7.11 Å². The van der Waals surface area contributed by atoms with Gasteiger partial charge in [-0.05, 0) is 36.8 Å². The number of hydrogen-bond donors (Lipinski definition) is 2. The third-order valence-corrected chi connectivity index (χ3v) is 4.48. The van der Waals surface area contributed by atoms with Gasteiger partial charge in [0.15, 0.2) is 5.96 Å². The lowest BCUT2D eigenvalue weighted by Crippen LogP contribution is -2.47. The molecule has 152 valence electrons. The summed E-state index contributed by atoms with van der Waals surface area (Å²) >= 11 is 0. The Morgan fingerprint density at radius 2 is 1.82 bits per heavy atom. The zero-order chi connectivity index (χ0) is 18.9. The first-order valence-electron chi connectivity index (χ1n) is 9.20. The Kier molecular flexibility index (Phi) is 9.21. The second-order valence-electron chi connectivity index (χ2n) is 6.35. The molecule has 0 bridgehead atoms. The van der Waals surface area contributed by atoms with Crippen molar-refractivity contribution in [2.75, 3.05) is 56.6 Å². The average Bonchev–Trinajstić information content (AvgIpc) is 2.73. The van der Waals surface area contributed by atoms with E-state index >= 15 is 0 Å². The Morgan fingerprint density at radius 3 is 2.46 bits per heavy atom. The number of guanidine groups is 1. The van der Waals surface area contributed by atoms with E-state index < -0.39 is 0 Å². The minimum atomic E-state index is 0. The van der Waals surface area contributed by atoms with Gasteiger partial charge < -0.3 is 20.7 Å². The third kappa shape index (κ3) is 6.79. The molecule has 0 amide bonds. The zero-order valence-electron chi connectivity index (χ0n) is 16.1. The van der Waals surface area contributed by atoms with E-state index in [0.717, 1.165) is 56.5 Å². The molecule has 1 aromatic carbocycles. The maximum Gasteiger partial charge on any atom is 0.225 e. The smallest absolute Gasteiger partial charge is 0.225 e. The lowest BCUT2D eigenvalue weighted by Gasteiger charge is -2.34. The predicted octanol–water partition coefficient (Wildman–Crippen LogP) is 2.04. The van der Waals surface area contributed by atoms with Crippen molar-refractivity contribution in [3.05, 3.63) is 42.7 Å². The summed E-state index contributed by atoms with van der Waals surface area (Å²) < 4.78 is 5.14. The maximum atomic E-state index is 5.95. The van der Waals surface area contributed by atoms with Crippen molar-refractivity contribution in [2.45, 2.75) is 6.42 Å². The third-order valence-electron chi connectivity index (χ3n) is 4.48. The topological polar surface area (TPSA) is 91.9 Å². The van der Waals surface area contributed by atoms with E-state index in [0.29, 0.717) is 12.5 Å². The number of hydrogen-bond acceptors (Lipinski definition) is 6. The number of benzene rings is 1. The number of rotatable bonds is 7. The van der Waals surface area contributed by atoms with Crippen LogP contribution in [-0.4, -0.2) is 67.2 Å². The van der Waals surface area contributed by atoms with E-state index in [-0.39, 0.29) is 24.0 Å². The minimum absolute atomic E-state index is 0. The van der Waals surface area contributed by atoms with Gasteiger partial charge in [-0.2, -0.15) is 0 Å². The molecule has 0 saturated carbocycles. The molecule has 0 unspecified atom stereocenters. The van der Waals surface area contributed by atoms with Crippen LogP contribution in [0.25, 0.3) is 0 Å². The molecule has 1 fully saturated rings. The van der Waals surface area contributed by atoms with Gasteiger partial charge in [0.2, 0.25) is 5.95 Å². The first kappa shape index (κ1) is 22.2. The van der Waals surface area contributed by atoms with Gasteiger partial charge >= 0.3 is 0 Å². The highest BCUT2D eigenvalue weighted by Gasteiger charge is 2.17. The molecule has 0 radical (unpaired) electrons. The van der Waals surface area contributed by atoms with Gasteiger partial charge in [0.1, 0.15) is 5.75 Å². The molecule has 0 aliphatic carbocycles. The standard InChI is InChI=1S/C19H27N7O.HI/c1-27-17-6-4-16(5-7-17)24-18(20)21-10-3-11-25-12-14-26(15-13-25)19-22-8-2-9-23-19;/h2,4-9H,3,10-15H2,1H3,(H3,20,21,24);1H. The highest BCUT2D eigenvalue weighted by atomic mass is 127. The van der Waals surface area contributed by atoms with E-state index in [2.05, 4.69) is 30.1 Å². The van der Waals surface area contributed by atoms with Crippen LogP contribution in [0.15, 0.2) is 47.7 Å². The molecule has 8 nitrogen and oxygen atoms in total. The van der Waals surface area contributed by atoms with Crippen molar-refractivity contribution in [1.82, 2.24) is 14.9 Å². The highest BCUT2D eigenvalue weighted by molar-refractivity contribution is 14.0. The zero-order valence-corrected chi connectivity index (χ0v) is 18.5. The van der Waals surface area contributed by atoms with Crippen LogP contribution in [-0.2, 0) is 0 Å². The van der Waals surface area contributed by atoms with Gasteiger partial charge in [0, 0.05) is 57.3 Å². The number of nitrogens with zero attached hydrogens (tertiary/aromatic N) is 5. The molecule has 0 atom stereocenters. The minimum Gasteiger partial charge on any atom is -0.497 e. The number of nitrogens with two attached hydrogens (primary N) is 1. The lowest BCUT2D eigenvalue weighted by atomic mass is 10.3. The molecule has 1 aromatic heterocycles. The van der Waals surface area contributed by atoms with Gasteiger partial charge in [-0.3, -0.25) is 9.89 Å². The van der Waals surface area contributed by atoms with Crippen LogP contribution in [0.5, 0.6) is 5.75 Å². The Balaban J connectivity index is 0.00000280. The van der Waals surface area contributed by atoms with Crippen molar-refractivity contribution < 1.29 is 4.74 Å². The summed E-state index contributed by atoms with van der Waals surface area (Å²) in [5.74, 6) is 2.07. The van der Waals surface area contributed by atoms with Crippen LogP contribution in [0.3, 0.4) is 0 Å². The molecule has 1 saturated heterocycles. The Morgan fingerprint density at radius 1 is 1.14 bits per heavy atom. The van der Waals surface area contributed by atoms with Crippen molar-refractivity contribution >= 4 is 41.6 Å². The number of halogens is 1. The summed E-state index contributed by atoms with van der Waals surface area (Å²) in [4.78, 5) is 17.7. The van der Waals surface area contributed by atoms with Crippen LogP contribution >= 0.6 is 24.0 Å². The number of methoxy groups -OCH3 is 1. The number of piperazine rings is 1. The molecule has 3 N–H and O–H groups in total. The summed E-state index contributed by atoms with van der Waals surface area (Å²) in [6, 6.07) is 9.44. The molecular weight excluding hydrogens is 469 g/mol. The average molecular weight is 497 g/mol. The van der Waals surface area contributed by atoms with E-state index in [4.69, 9.17) is 10.5 Å². The Hall–Kier alpha value is -2.14. The molecular formula is C19H28IN7O. The number of aliphatic imine (C=N–C) groups is 1. The number of anilines is 2. The summed E-state index contributed by atoms with van der Waals surface area (Å²) in [5.41, 5.74) is 6.85. The monoisotopic (exact) mass is 497 g/mol. The molecule has 2 aromatic rings. The van der Waals surface area contributed by atoms with Gasteiger partial charge in [-0.1, -0.05) is 0 Å². The summed E-state index contributed by atoms with van der Waals surface area (Å²) in [6.45, 7) is 5.66. The maximum absolute atomic E-state index is 5.95. The molecule has 1 aliphatic heterocycles. The van der Waals surface area contributed by atoms with Crippen molar-refractivity contribution in [3.63, 3.8) is 0 Å². The lowest BCUT2D eigenvalue weighted by molar-refractivity contribution is 0.255. The second-order valence-corrected chi connectivity index (χ2v) is 6.35. The fraction of sp³-hybridized carbons (Fsp3) is 0.421. The first-order chi connectivity index (χ1) is 13.2. The Bertz CT molecular complexity index is 719. The molecule has 2 heterocycles. The van der Waals surface area contributed by atoms with Crippen LogP contribution in [0.1, 0.15) is 6.42 Å². The van der Waals surface area contributed by atoms with Gasteiger partial charge in [0.25, 0.3) is 0 Å². The molecule has 28 heavy (non-hydrogen) atoms. The Labute approximate surface area is 183 Å². The molecule has 1 aliphatic rings. The van der Waals surface area contributed by atoms with Crippen molar-refractivity contribution in [3.8, 4) is 5.75 Å². The predicted molar refractivity (Wildman–Crippen MR) is 124 cm³/mol. The summed E-state index contributed by atoms with van der Waals surface area (Å²) in [5, 5.41) is 3.09. The van der Waals surface area contributed by atoms with Crippen LogP contribution in [0, 0.1) is 0 Å². The quantitative estimate of drug-likeness (QED) is 0.262. The SMILES string of the molecule is COc1ccc(NC(N)=NCCCN2CCN(c3ncccn3)CC2)cc1.I. The normalized spacial score (nSPS) is 15.0. The molecule has 3 rings (SSSR count). The fourth-order valence-corrected chi connectivity index (χ4v) is 2.98. The van der Waals surface area contributed by atoms with E-state index in [9.17, 15) is 0 Å². The van der Waals surface area contributed by atoms with Crippen LogP contribution in [0.2, 0.25) is 0 Å². The van der Waals surface area contributed by atoms with E-state index in [1.54, 1.807) is 19.5 Å². The van der Waals surface area contributed by atoms with E-state index in [1.165, 1.54) is 0 Å². The largest absolute Gasteiger partial charge is 0.497 e. The van der Waals surface area contributed by atoms with Crippen molar-refractivity contribution in [2.24, 2.45) is 10.7 Å². The van der Waals surface area contributed by atoms with Crippen molar-refractivity contribution in [1.29, 1.82) is 0 Å². The number of nitrogens with one attached hydrogen (secondary N) is 1. The van der Waals surface area contributed by atoms with Crippen LogP contribution < -0.4 is 20.7 Å². The van der Waals surface area contributed by atoms with Gasteiger partial charge in [-0.15, -0.1) is 24.0 Å². The summed E-state index contributed by atoms with van der Waals surface area (Å²) in [7, 11) is 1.65. The fourth-order valence-electron chi connectivity index (χ4n) is 2.98. The molecule has 0 spiro atoms.